The molecule has 0 spiro atoms. The summed E-state index contributed by atoms with van der Waals surface area (Å²) < 4.78 is 13.3. The number of aromatic amines is 1. The summed E-state index contributed by atoms with van der Waals surface area (Å²) in [5, 5.41) is 1.60. The van der Waals surface area contributed by atoms with Crippen molar-refractivity contribution < 1.29 is 9.18 Å². The maximum absolute atomic E-state index is 13.3. The van der Waals surface area contributed by atoms with Crippen molar-refractivity contribution in [3.05, 3.63) is 64.9 Å². The van der Waals surface area contributed by atoms with E-state index >= 15 is 0 Å². The molecule has 2 aromatic carbocycles. The molecule has 4 nitrogen and oxygen atoms in total. The third kappa shape index (κ3) is 3.20. The second kappa shape index (κ2) is 6.41. The zero-order valence-corrected chi connectivity index (χ0v) is 14.3. The van der Waals surface area contributed by atoms with E-state index in [2.05, 4.69) is 9.88 Å². The van der Waals surface area contributed by atoms with E-state index in [4.69, 9.17) is 11.6 Å². The van der Waals surface area contributed by atoms with Gasteiger partial charge in [0.2, 0.25) is 0 Å². The molecule has 6 heteroatoms. The first-order valence-corrected chi connectivity index (χ1v) is 8.56. The van der Waals surface area contributed by atoms with Crippen molar-refractivity contribution in [1.29, 1.82) is 0 Å². The summed E-state index contributed by atoms with van der Waals surface area (Å²) in [7, 11) is 0. The number of H-pyrrole nitrogens is 1. The highest BCUT2D eigenvalue weighted by Gasteiger charge is 2.23. The third-order valence-corrected chi connectivity index (χ3v) is 4.82. The number of rotatable bonds is 2. The Hall–Kier alpha value is -2.53. The maximum Gasteiger partial charge on any atom is 0.253 e. The number of carbonyl (C=O) groups excluding carboxylic acids is 1. The molecule has 1 fully saturated rings. The SMILES string of the molecule is O=C(c1ccc(Cl)cc1)N1CCN(c2cc3ccc(F)cc3[nH]2)CC1. The minimum absolute atomic E-state index is 0.0232. The zero-order valence-electron chi connectivity index (χ0n) is 13.5. The number of benzene rings is 2. The second-order valence-electron chi connectivity index (χ2n) is 6.17. The average Bonchev–Trinajstić information content (AvgIpc) is 3.05. The fourth-order valence-electron chi connectivity index (χ4n) is 3.18. The molecule has 128 valence electrons. The molecule has 0 radical (unpaired) electrons. The van der Waals surface area contributed by atoms with Gasteiger partial charge >= 0.3 is 0 Å². The normalized spacial score (nSPS) is 15.0. The molecule has 0 unspecified atom stereocenters. The molecule has 0 atom stereocenters. The summed E-state index contributed by atoms with van der Waals surface area (Å²) in [6.45, 7) is 2.75. The van der Waals surface area contributed by atoms with E-state index < -0.39 is 0 Å². The van der Waals surface area contributed by atoms with Gasteiger partial charge in [0, 0.05) is 47.7 Å². The van der Waals surface area contributed by atoms with Gasteiger partial charge in [0.15, 0.2) is 0 Å². The molecule has 25 heavy (non-hydrogen) atoms. The minimum Gasteiger partial charge on any atom is -0.355 e. The quantitative estimate of drug-likeness (QED) is 0.755. The Morgan fingerprint density at radius 2 is 1.72 bits per heavy atom. The Labute approximate surface area is 149 Å². The van der Waals surface area contributed by atoms with Crippen LogP contribution in [0.5, 0.6) is 0 Å². The average molecular weight is 358 g/mol. The van der Waals surface area contributed by atoms with E-state index in [-0.39, 0.29) is 11.7 Å². The Balaban J connectivity index is 1.45. The van der Waals surface area contributed by atoms with Crippen LogP contribution in [-0.4, -0.2) is 42.0 Å². The Bertz CT molecular complexity index is 914. The van der Waals surface area contributed by atoms with E-state index in [1.807, 2.05) is 11.0 Å². The first-order chi connectivity index (χ1) is 12.1. The van der Waals surface area contributed by atoms with E-state index in [0.717, 1.165) is 29.8 Å². The van der Waals surface area contributed by atoms with Crippen LogP contribution in [0.4, 0.5) is 10.2 Å². The van der Waals surface area contributed by atoms with Gasteiger partial charge in [-0.3, -0.25) is 4.79 Å². The molecule has 4 rings (SSSR count). The lowest BCUT2D eigenvalue weighted by atomic mass is 10.2. The Kier molecular flexibility index (Phi) is 4.09. The van der Waals surface area contributed by atoms with Crippen LogP contribution in [0, 0.1) is 5.82 Å². The van der Waals surface area contributed by atoms with Crippen molar-refractivity contribution in [2.75, 3.05) is 31.1 Å². The molecule has 1 aliphatic rings. The van der Waals surface area contributed by atoms with E-state index in [1.165, 1.54) is 12.1 Å². The topological polar surface area (TPSA) is 39.3 Å². The van der Waals surface area contributed by atoms with Gasteiger partial charge in [-0.15, -0.1) is 0 Å². The smallest absolute Gasteiger partial charge is 0.253 e. The number of aromatic nitrogens is 1. The lowest BCUT2D eigenvalue weighted by molar-refractivity contribution is 0.0746. The van der Waals surface area contributed by atoms with Crippen LogP contribution >= 0.6 is 11.6 Å². The third-order valence-electron chi connectivity index (χ3n) is 4.57. The van der Waals surface area contributed by atoms with Gasteiger partial charge in [-0.1, -0.05) is 11.6 Å². The number of fused-ring (bicyclic) bond motifs is 1. The number of amides is 1. The summed E-state index contributed by atoms with van der Waals surface area (Å²) in [5.41, 5.74) is 1.44. The minimum atomic E-state index is -0.251. The van der Waals surface area contributed by atoms with Gasteiger partial charge in [0.25, 0.3) is 5.91 Å². The van der Waals surface area contributed by atoms with Crippen LogP contribution in [0.1, 0.15) is 10.4 Å². The molecule has 1 saturated heterocycles. The fraction of sp³-hybridized carbons (Fsp3) is 0.211. The largest absolute Gasteiger partial charge is 0.355 e. The number of halogens is 2. The van der Waals surface area contributed by atoms with Crippen molar-refractivity contribution in [3.8, 4) is 0 Å². The highest BCUT2D eigenvalue weighted by Crippen LogP contribution is 2.24. The molecule has 0 saturated carbocycles. The lowest BCUT2D eigenvalue weighted by Gasteiger charge is -2.35. The molecular weight excluding hydrogens is 341 g/mol. The van der Waals surface area contributed by atoms with Gasteiger partial charge in [-0.25, -0.2) is 4.39 Å². The van der Waals surface area contributed by atoms with Crippen LogP contribution in [0.15, 0.2) is 48.5 Å². The van der Waals surface area contributed by atoms with Gasteiger partial charge in [-0.2, -0.15) is 0 Å². The van der Waals surface area contributed by atoms with Gasteiger partial charge in [-0.05, 0) is 48.5 Å². The van der Waals surface area contributed by atoms with Crippen molar-refractivity contribution in [2.45, 2.75) is 0 Å². The molecular formula is C19H17ClFN3O. The maximum atomic E-state index is 13.3. The molecule has 0 aliphatic carbocycles. The van der Waals surface area contributed by atoms with Gasteiger partial charge < -0.3 is 14.8 Å². The molecule has 0 bridgehead atoms. The number of nitrogens with one attached hydrogen (secondary N) is 1. The number of hydrogen-bond donors (Lipinski definition) is 1. The fourth-order valence-corrected chi connectivity index (χ4v) is 3.31. The Morgan fingerprint density at radius 3 is 2.44 bits per heavy atom. The predicted octanol–water partition coefficient (Wildman–Crippen LogP) is 3.92. The molecule has 1 aliphatic heterocycles. The highest BCUT2D eigenvalue weighted by molar-refractivity contribution is 6.30. The molecule has 2 heterocycles. The van der Waals surface area contributed by atoms with E-state index in [9.17, 15) is 9.18 Å². The van der Waals surface area contributed by atoms with Crippen LogP contribution < -0.4 is 4.90 Å². The summed E-state index contributed by atoms with van der Waals surface area (Å²) in [4.78, 5) is 19.8. The summed E-state index contributed by atoms with van der Waals surface area (Å²) in [6.07, 6.45) is 0. The molecule has 3 aromatic rings. The van der Waals surface area contributed by atoms with Crippen LogP contribution in [0.3, 0.4) is 0 Å². The summed E-state index contributed by atoms with van der Waals surface area (Å²) >= 11 is 5.87. The van der Waals surface area contributed by atoms with Gasteiger partial charge in [0.1, 0.15) is 11.6 Å². The van der Waals surface area contributed by atoms with Crippen molar-refractivity contribution >= 4 is 34.2 Å². The monoisotopic (exact) mass is 357 g/mol. The number of piperazine rings is 1. The zero-order chi connectivity index (χ0) is 17.4. The number of anilines is 1. The first-order valence-electron chi connectivity index (χ1n) is 8.18. The number of carbonyl (C=O) groups is 1. The lowest BCUT2D eigenvalue weighted by Crippen LogP contribution is -2.48. The molecule has 1 amide bonds. The predicted molar refractivity (Wildman–Crippen MR) is 97.8 cm³/mol. The van der Waals surface area contributed by atoms with E-state index in [0.29, 0.717) is 23.7 Å². The van der Waals surface area contributed by atoms with E-state index in [1.54, 1.807) is 30.3 Å². The van der Waals surface area contributed by atoms with Gasteiger partial charge in [0.05, 0.1) is 0 Å². The number of hydrogen-bond acceptors (Lipinski definition) is 2. The summed E-state index contributed by atoms with van der Waals surface area (Å²) in [6, 6.07) is 13.7. The summed E-state index contributed by atoms with van der Waals surface area (Å²) in [5.74, 6) is 0.730. The van der Waals surface area contributed by atoms with Crippen LogP contribution in [0.2, 0.25) is 5.02 Å². The Morgan fingerprint density at radius 1 is 1.00 bits per heavy atom. The number of nitrogens with zero attached hydrogens (tertiary/aromatic N) is 2. The van der Waals surface area contributed by atoms with Crippen molar-refractivity contribution in [2.24, 2.45) is 0 Å². The second-order valence-corrected chi connectivity index (χ2v) is 6.61. The van der Waals surface area contributed by atoms with Crippen molar-refractivity contribution in [1.82, 2.24) is 9.88 Å². The standard InChI is InChI=1S/C19H17ClFN3O/c20-15-4-1-13(2-5-15)19(25)24-9-7-23(8-10-24)18-11-14-3-6-16(21)12-17(14)22-18/h1-6,11-12,22H,7-10H2. The van der Waals surface area contributed by atoms with Crippen LogP contribution in [0.25, 0.3) is 10.9 Å². The van der Waals surface area contributed by atoms with Crippen molar-refractivity contribution in [3.63, 3.8) is 0 Å². The first kappa shape index (κ1) is 16.0. The van der Waals surface area contributed by atoms with Crippen LogP contribution in [-0.2, 0) is 0 Å². The highest BCUT2D eigenvalue weighted by atomic mass is 35.5. The molecule has 1 N–H and O–H groups in total. The molecule has 1 aromatic heterocycles.